The summed E-state index contributed by atoms with van der Waals surface area (Å²) in [7, 11) is 0. The molecular weight excluding hydrogens is 224 g/mol. The zero-order valence-corrected chi connectivity index (χ0v) is 11.7. The van der Waals surface area contributed by atoms with Crippen molar-refractivity contribution in [2.24, 2.45) is 5.92 Å². The number of aromatic nitrogens is 2. The first kappa shape index (κ1) is 13.3. The number of hydrogen-bond acceptors (Lipinski definition) is 4. The molecule has 18 heavy (non-hydrogen) atoms. The average Bonchev–Trinajstić information content (AvgIpc) is 2.80. The quantitative estimate of drug-likeness (QED) is 0.865. The molecular formula is C14H24N4. The lowest BCUT2D eigenvalue weighted by molar-refractivity contribution is 0.537. The summed E-state index contributed by atoms with van der Waals surface area (Å²) >= 11 is 0. The van der Waals surface area contributed by atoms with Crippen molar-refractivity contribution < 1.29 is 0 Å². The van der Waals surface area contributed by atoms with Gasteiger partial charge in [-0.05, 0) is 32.2 Å². The van der Waals surface area contributed by atoms with Gasteiger partial charge in [-0.25, -0.2) is 9.97 Å². The summed E-state index contributed by atoms with van der Waals surface area (Å²) in [6.45, 7) is 9.78. The minimum atomic E-state index is 0.610. The van der Waals surface area contributed by atoms with E-state index < -0.39 is 0 Å². The Bertz CT molecular complexity index is 372. The zero-order valence-electron chi connectivity index (χ0n) is 11.7. The van der Waals surface area contributed by atoms with Crippen molar-refractivity contribution in [3.05, 3.63) is 18.1 Å². The van der Waals surface area contributed by atoms with Crippen LogP contribution in [0, 0.1) is 12.8 Å². The summed E-state index contributed by atoms with van der Waals surface area (Å²) < 4.78 is 0. The molecule has 100 valence electrons. The molecule has 1 aromatic rings. The predicted octanol–water partition coefficient (Wildman–Crippen LogP) is 2.00. The minimum Gasteiger partial charge on any atom is -0.355 e. The first-order chi connectivity index (χ1) is 8.65. The molecule has 1 aromatic heterocycles. The second-order valence-electron chi connectivity index (χ2n) is 5.61. The van der Waals surface area contributed by atoms with Crippen molar-refractivity contribution in [1.29, 1.82) is 0 Å². The van der Waals surface area contributed by atoms with Gasteiger partial charge >= 0.3 is 0 Å². The fourth-order valence-corrected chi connectivity index (χ4v) is 2.49. The van der Waals surface area contributed by atoms with Crippen molar-refractivity contribution >= 4 is 5.82 Å². The Morgan fingerprint density at radius 1 is 1.44 bits per heavy atom. The SMILES string of the molecule is Cc1cc(N(CC(C)C)CC2CCCN2)ncn1. The first-order valence-electron chi connectivity index (χ1n) is 6.92. The summed E-state index contributed by atoms with van der Waals surface area (Å²) in [4.78, 5) is 11.0. The number of hydrogen-bond donors (Lipinski definition) is 1. The van der Waals surface area contributed by atoms with Crippen LogP contribution in [0.3, 0.4) is 0 Å². The molecule has 2 heterocycles. The fourth-order valence-electron chi connectivity index (χ4n) is 2.49. The van der Waals surface area contributed by atoms with E-state index in [1.165, 1.54) is 12.8 Å². The van der Waals surface area contributed by atoms with Crippen LogP contribution in [0.4, 0.5) is 5.82 Å². The Morgan fingerprint density at radius 3 is 2.89 bits per heavy atom. The van der Waals surface area contributed by atoms with Gasteiger partial charge in [0.1, 0.15) is 12.1 Å². The van der Waals surface area contributed by atoms with Crippen LogP contribution in [0.5, 0.6) is 0 Å². The van der Waals surface area contributed by atoms with Crippen molar-refractivity contribution in [2.45, 2.75) is 39.7 Å². The summed E-state index contributed by atoms with van der Waals surface area (Å²) in [5.74, 6) is 1.70. The molecule has 4 heteroatoms. The Kier molecular flexibility index (Phi) is 4.53. The van der Waals surface area contributed by atoms with Crippen LogP contribution >= 0.6 is 0 Å². The van der Waals surface area contributed by atoms with Crippen LogP contribution in [-0.4, -0.2) is 35.6 Å². The maximum atomic E-state index is 4.42. The van der Waals surface area contributed by atoms with E-state index in [0.717, 1.165) is 31.1 Å². The monoisotopic (exact) mass is 248 g/mol. The Morgan fingerprint density at radius 2 is 2.28 bits per heavy atom. The van der Waals surface area contributed by atoms with Crippen LogP contribution in [0.15, 0.2) is 12.4 Å². The average molecular weight is 248 g/mol. The lowest BCUT2D eigenvalue weighted by Crippen LogP contribution is -2.39. The largest absolute Gasteiger partial charge is 0.355 e. The van der Waals surface area contributed by atoms with Gasteiger partial charge in [-0.2, -0.15) is 0 Å². The van der Waals surface area contributed by atoms with E-state index in [2.05, 4.69) is 40.1 Å². The molecule has 0 amide bonds. The van der Waals surface area contributed by atoms with Gasteiger partial charge in [0.05, 0.1) is 0 Å². The molecule has 0 saturated carbocycles. The van der Waals surface area contributed by atoms with Crippen LogP contribution < -0.4 is 10.2 Å². The lowest BCUT2D eigenvalue weighted by atomic mass is 10.1. The van der Waals surface area contributed by atoms with E-state index in [9.17, 15) is 0 Å². The van der Waals surface area contributed by atoms with Crippen molar-refractivity contribution in [3.8, 4) is 0 Å². The van der Waals surface area contributed by atoms with Gasteiger partial charge in [0.25, 0.3) is 0 Å². The van der Waals surface area contributed by atoms with Crippen molar-refractivity contribution in [1.82, 2.24) is 15.3 Å². The molecule has 0 aliphatic carbocycles. The third-order valence-electron chi connectivity index (χ3n) is 3.30. The highest BCUT2D eigenvalue weighted by molar-refractivity contribution is 5.39. The smallest absolute Gasteiger partial charge is 0.132 e. The van der Waals surface area contributed by atoms with E-state index in [-0.39, 0.29) is 0 Å². The molecule has 1 atom stereocenters. The maximum Gasteiger partial charge on any atom is 0.132 e. The van der Waals surface area contributed by atoms with Crippen LogP contribution in [0.2, 0.25) is 0 Å². The molecule has 1 fully saturated rings. The molecule has 0 radical (unpaired) electrons. The first-order valence-corrected chi connectivity index (χ1v) is 6.92. The second-order valence-corrected chi connectivity index (χ2v) is 5.61. The summed E-state index contributed by atoms with van der Waals surface area (Å²) in [6.07, 6.45) is 4.24. The van der Waals surface area contributed by atoms with E-state index >= 15 is 0 Å². The molecule has 1 aliphatic heterocycles. The van der Waals surface area contributed by atoms with Gasteiger partial charge in [0.15, 0.2) is 0 Å². The van der Waals surface area contributed by atoms with E-state index in [1.807, 2.05) is 6.92 Å². The molecule has 1 saturated heterocycles. The van der Waals surface area contributed by atoms with Crippen molar-refractivity contribution in [2.75, 3.05) is 24.5 Å². The van der Waals surface area contributed by atoms with E-state index in [1.54, 1.807) is 6.33 Å². The molecule has 0 bridgehead atoms. The molecule has 2 rings (SSSR count). The number of anilines is 1. The number of nitrogens with one attached hydrogen (secondary N) is 1. The minimum absolute atomic E-state index is 0.610. The lowest BCUT2D eigenvalue weighted by Gasteiger charge is -2.28. The van der Waals surface area contributed by atoms with Crippen LogP contribution in [0.25, 0.3) is 0 Å². The summed E-state index contributed by atoms with van der Waals surface area (Å²) in [6, 6.07) is 2.69. The van der Waals surface area contributed by atoms with Crippen LogP contribution in [-0.2, 0) is 0 Å². The standard InChI is InChI=1S/C14H24N4/c1-11(2)8-18(9-13-5-4-6-15-13)14-7-12(3)16-10-17-14/h7,10-11,13,15H,4-6,8-9H2,1-3H3. The Hall–Kier alpha value is -1.16. The number of nitrogens with zero attached hydrogens (tertiary/aromatic N) is 3. The van der Waals surface area contributed by atoms with Gasteiger partial charge in [-0.15, -0.1) is 0 Å². The highest BCUT2D eigenvalue weighted by atomic mass is 15.2. The molecule has 1 unspecified atom stereocenters. The Labute approximate surface area is 110 Å². The van der Waals surface area contributed by atoms with Gasteiger partial charge in [-0.1, -0.05) is 13.8 Å². The molecule has 4 nitrogen and oxygen atoms in total. The number of aryl methyl sites for hydroxylation is 1. The molecule has 0 spiro atoms. The molecule has 1 aliphatic rings. The molecule has 1 N–H and O–H groups in total. The highest BCUT2D eigenvalue weighted by Crippen LogP contribution is 2.16. The van der Waals surface area contributed by atoms with E-state index in [0.29, 0.717) is 12.0 Å². The molecule has 0 aromatic carbocycles. The summed E-state index contributed by atoms with van der Waals surface area (Å²) in [5, 5.41) is 3.56. The van der Waals surface area contributed by atoms with Gasteiger partial charge in [0.2, 0.25) is 0 Å². The fraction of sp³-hybridized carbons (Fsp3) is 0.714. The van der Waals surface area contributed by atoms with E-state index in [4.69, 9.17) is 0 Å². The van der Waals surface area contributed by atoms with Gasteiger partial charge < -0.3 is 10.2 Å². The van der Waals surface area contributed by atoms with Gasteiger partial charge in [-0.3, -0.25) is 0 Å². The number of rotatable bonds is 5. The second kappa shape index (κ2) is 6.14. The third kappa shape index (κ3) is 3.67. The Balaban J connectivity index is 2.08. The topological polar surface area (TPSA) is 41.0 Å². The van der Waals surface area contributed by atoms with Crippen molar-refractivity contribution in [3.63, 3.8) is 0 Å². The third-order valence-corrected chi connectivity index (χ3v) is 3.30. The summed E-state index contributed by atoms with van der Waals surface area (Å²) in [5.41, 5.74) is 1.04. The maximum absolute atomic E-state index is 4.42. The van der Waals surface area contributed by atoms with Gasteiger partial charge in [0, 0.05) is 30.9 Å². The zero-order chi connectivity index (χ0) is 13.0. The normalized spacial score (nSPS) is 19.4. The predicted molar refractivity (Wildman–Crippen MR) is 74.8 cm³/mol. The van der Waals surface area contributed by atoms with Crippen LogP contribution in [0.1, 0.15) is 32.4 Å². The highest BCUT2D eigenvalue weighted by Gasteiger charge is 2.19.